The highest BCUT2D eigenvalue weighted by Crippen LogP contribution is 2.32. The maximum atomic E-state index is 12.8. The number of nitrogens with one attached hydrogen (secondary N) is 1. The zero-order valence-corrected chi connectivity index (χ0v) is 16.6. The Morgan fingerprint density at radius 3 is 2.80 bits per heavy atom. The van der Waals surface area contributed by atoms with E-state index in [2.05, 4.69) is 20.5 Å². The molecule has 3 aromatic heterocycles. The summed E-state index contributed by atoms with van der Waals surface area (Å²) in [7, 11) is 0. The van der Waals surface area contributed by atoms with Gasteiger partial charge in [-0.15, -0.1) is 0 Å². The van der Waals surface area contributed by atoms with Crippen LogP contribution in [0.3, 0.4) is 0 Å². The van der Waals surface area contributed by atoms with Crippen LogP contribution < -0.4 is 14.8 Å². The second-order valence-corrected chi connectivity index (χ2v) is 6.90. The highest BCUT2D eigenvalue weighted by atomic mass is 16.6. The lowest BCUT2D eigenvalue weighted by Gasteiger charge is -2.18. The molecule has 0 spiro atoms. The van der Waals surface area contributed by atoms with Gasteiger partial charge >= 0.3 is 0 Å². The van der Waals surface area contributed by atoms with Crippen molar-refractivity contribution in [2.45, 2.75) is 20.4 Å². The van der Waals surface area contributed by atoms with Gasteiger partial charge in [-0.2, -0.15) is 10.2 Å². The number of hydrogen-bond acceptors (Lipinski definition) is 6. The van der Waals surface area contributed by atoms with Crippen molar-refractivity contribution in [3.63, 3.8) is 0 Å². The Morgan fingerprint density at radius 2 is 2.00 bits per heavy atom. The predicted molar refractivity (Wildman–Crippen MR) is 110 cm³/mol. The molecule has 1 N–H and O–H groups in total. The van der Waals surface area contributed by atoms with Crippen molar-refractivity contribution in [3.05, 3.63) is 54.1 Å². The topological polar surface area (TPSA) is 95.6 Å². The van der Waals surface area contributed by atoms with E-state index in [0.29, 0.717) is 36.0 Å². The second-order valence-electron chi connectivity index (χ2n) is 6.90. The van der Waals surface area contributed by atoms with Crippen molar-refractivity contribution in [1.29, 1.82) is 0 Å². The number of aryl methyl sites for hydroxylation is 1. The zero-order valence-electron chi connectivity index (χ0n) is 16.6. The first-order valence-electron chi connectivity index (χ1n) is 9.72. The minimum Gasteiger partial charge on any atom is -0.486 e. The fourth-order valence-corrected chi connectivity index (χ4v) is 3.54. The first kappa shape index (κ1) is 18.2. The number of ether oxygens (including phenoxy) is 2. The van der Waals surface area contributed by atoms with Gasteiger partial charge in [-0.3, -0.25) is 9.48 Å². The highest BCUT2D eigenvalue weighted by Gasteiger charge is 2.18. The first-order chi connectivity index (χ1) is 14.6. The third-order valence-electron chi connectivity index (χ3n) is 5.07. The van der Waals surface area contributed by atoms with E-state index < -0.39 is 0 Å². The largest absolute Gasteiger partial charge is 0.486 e. The normalized spacial score (nSPS) is 12.9. The maximum Gasteiger partial charge on any atom is 0.276 e. The third kappa shape index (κ3) is 3.04. The van der Waals surface area contributed by atoms with Crippen molar-refractivity contribution < 1.29 is 14.3 Å². The molecule has 0 fully saturated rings. The monoisotopic (exact) mass is 404 g/mol. The van der Waals surface area contributed by atoms with Gasteiger partial charge in [-0.05, 0) is 32.0 Å². The molecule has 1 aliphatic rings. The summed E-state index contributed by atoms with van der Waals surface area (Å²) in [4.78, 5) is 17.2. The standard InChI is InChI=1S/C21H20N6O3/c1-3-26-13(2)15(12-23-26)17-6-7-22-20-11-16(25-27(17)20)21(28)24-14-4-5-18-19(10-14)30-9-8-29-18/h4-7,10-12H,3,8-9H2,1-2H3,(H,24,28). The molecule has 9 nitrogen and oxygen atoms in total. The van der Waals surface area contributed by atoms with Crippen molar-refractivity contribution in [2.75, 3.05) is 18.5 Å². The molecule has 152 valence electrons. The van der Waals surface area contributed by atoms with E-state index in [1.807, 2.05) is 30.8 Å². The Kier molecular flexibility index (Phi) is 4.35. The molecule has 0 saturated carbocycles. The summed E-state index contributed by atoms with van der Waals surface area (Å²) >= 11 is 0. The quantitative estimate of drug-likeness (QED) is 0.562. The van der Waals surface area contributed by atoms with Crippen molar-refractivity contribution in [2.24, 2.45) is 0 Å². The van der Waals surface area contributed by atoms with Gasteiger partial charge in [-0.1, -0.05) is 0 Å². The summed E-state index contributed by atoms with van der Waals surface area (Å²) in [6, 6.07) is 8.83. The number of carbonyl (C=O) groups is 1. The molecular weight excluding hydrogens is 384 g/mol. The van der Waals surface area contributed by atoms with Gasteiger partial charge in [-0.25, -0.2) is 9.50 Å². The lowest BCUT2D eigenvalue weighted by molar-refractivity contribution is 0.102. The van der Waals surface area contributed by atoms with Gasteiger partial charge in [0.2, 0.25) is 0 Å². The lowest BCUT2D eigenvalue weighted by atomic mass is 10.2. The number of aromatic nitrogens is 5. The molecule has 4 heterocycles. The summed E-state index contributed by atoms with van der Waals surface area (Å²) < 4.78 is 14.7. The van der Waals surface area contributed by atoms with Crippen LogP contribution in [0.5, 0.6) is 11.5 Å². The van der Waals surface area contributed by atoms with Gasteiger partial charge in [0.1, 0.15) is 13.2 Å². The summed E-state index contributed by atoms with van der Waals surface area (Å²) in [6.07, 6.45) is 3.52. The third-order valence-corrected chi connectivity index (χ3v) is 5.07. The van der Waals surface area contributed by atoms with Crippen LogP contribution in [-0.4, -0.2) is 43.5 Å². The van der Waals surface area contributed by atoms with Gasteiger partial charge in [0.25, 0.3) is 5.91 Å². The number of amides is 1. The smallest absolute Gasteiger partial charge is 0.276 e. The first-order valence-corrected chi connectivity index (χ1v) is 9.72. The van der Waals surface area contributed by atoms with Crippen molar-refractivity contribution in [3.8, 4) is 22.8 Å². The Labute approximate surface area is 172 Å². The van der Waals surface area contributed by atoms with E-state index in [1.54, 1.807) is 35.0 Å². The summed E-state index contributed by atoms with van der Waals surface area (Å²) in [5.41, 5.74) is 4.27. The fourth-order valence-electron chi connectivity index (χ4n) is 3.54. The second kappa shape index (κ2) is 7.18. The van der Waals surface area contributed by atoms with Crippen molar-refractivity contribution >= 4 is 17.2 Å². The molecule has 4 aromatic rings. The number of nitrogens with zero attached hydrogens (tertiary/aromatic N) is 5. The summed E-state index contributed by atoms with van der Waals surface area (Å²) in [6.45, 7) is 5.84. The molecule has 1 amide bonds. The van der Waals surface area contributed by atoms with Crippen LogP contribution in [0.25, 0.3) is 16.9 Å². The average Bonchev–Trinajstić information content (AvgIpc) is 3.37. The average molecular weight is 404 g/mol. The van der Waals surface area contributed by atoms with Crippen LogP contribution in [0.1, 0.15) is 23.1 Å². The number of rotatable bonds is 4. The molecule has 0 radical (unpaired) electrons. The lowest BCUT2D eigenvalue weighted by Crippen LogP contribution is -2.16. The van der Waals surface area contributed by atoms with E-state index in [0.717, 1.165) is 23.5 Å². The number of anilines is 1. The molecule has 9 heteroatoms. The van der Waals surface area contributed by atoms with Crippen molar-refractivity contribution in [1.82, 2.24) is 24.4 Å². The van der Waals surface area contributed by atoms with Gasteiger partial charge in [0.15, 0.2) is 22.8 Å². The van der Waals surface area contributed by atoms with E-state index >= 15 is 0 Å². The van der Waals surface area contributed by atoms with Crippen LogP contribution in [-0.2, 0) is 6.54 Å². The molecule has 1 aromatic carbocycles. The predicted octanol–water partition coefficient (Wildman–Crippen LogP) is 2.94. The minimum absolute atomic E-state index is 0.269. The SMILES string of the molecule is CCn1ncc(-c2ccnc3cc(C(=O)Nc4ccc5c(c4)OCCO5)nn23)c1C. The van der Waals surface area contributed by atoms with E-state index in [-0.39, 0.29) is 11.6 Å². The van der Waals surface area contributed by atoms with Crippen LogP contribution in [0.4, 0.5) is 5.69 Å². The molecular formula is C21H20N6O3. The van der Waals surface area contributed by atoms with E-state index in [1.165, 1.54) is 0 Å². The van der Waals surface area contributed by atoms with E-state index in [9.17, 15) is 4.79 Å². The molecule has 1 aliphatic heterocycles. The molecule has 30 heavy (non-hydrogen) atoms. The summed E-state index contributed by atoms with van der Waals surface area (Å²) in [5.74, 6) is 0.953. The van der Waals surface area contributed by atoms with Crippen LogP contribution in [0, 0.1) is 6.92 Å². The number of fused-ring (bicyclic) bond motifs is 2. The van der Waals surface area contributed by atoms with Gasteiger partial charge < -0.3 is 14.8 Å². The Bertz CT molecular complexity index is 1260. The maximum absolute atomic E-state index is 12.8. The van der Waals surface area contributed by atoms with Crippen LogP contribution in [0.2, 0.25) is 0 Å². The Balaban J connectivity index is 1.46. The molecule has 0 saturated heterocycles. The Hall–Kier alpha value is -3.88. The zero-order chi connectivity index (χ0) is 20.7. The molecule has 0 aliphatic carbocycles. The molecule has 0 bridgehead atoms. The number of benzene rings is 1. The fraction of sp³-hybridized carbons (Fsp3) is 0.238. The van der Waals surface area contributed by atoms with Gasteiger partial charge in [0, 0.05) is 41.8 Å². The van der Waals surface area contributed by atoms with Gasteiger partial charge in [0.05, 0.1) is 11.9 Å². The molecule has 5 rings (SSSR count). The molecule has 0 atom stereocenters. The number of hydrogen-bond donors (Lipinski definition) is 1. The van der Waals surface area contributed by atoms with Crippen LogP contribution >= 0.6 is 0 Å². The Morgan fingerprint density at radius 1 is 1.17 bits per heavy atom. The summed E-state index contributed by atoms with van der Waals surface area (Å²) in [5, 5.41) is 11.8. The van der Waals surface area contributed by atoms with Crippen LogP contribution in [0.15, 0.2) is 42.7 Å². The van der Waals surface area contributed by atoms with E-state index in [4.69, 9.17) is 9.47 Å². The molecule has 0 unspecified atom stereocenters. The number of carbonyl (C=O) groups excluding carboxylic acids is 1. The minimum atomic E-state index is -0.330. The highest BCUT2D eigenvalue weighted by molar-refractivity contribution is 6.03.